The molecule has 0 aliphatic carbocycles. The number of carbonyl (C=O) groups is 1. The SMILES string of the molecule is O=C1Cc2cc(-c3csc(CNS(=O)(=O)Cc4ccccc4)n3)ccc2N1. The molecule has 27 heavy (non-hydrogen) atoms. The Bertz CT molecular complexity index is 1090. The van der Waals surface area contributed by atoms with Crippen molar-refractivity contribution in [2.24, 2.45) is 0 Å². The number of rotatable bonds is 6. The summed E-state index contributed by atoms with van der Waals surface area (Å²) in [5, 5.41) is 5.39. The van der Waals surface area contributed by atoms with E-state index in [2.05, 4.69) is 15.0 Å². The fourth-order valence-electron chi connectivity index (χ4n) is 2.93. The van der Waals surface area contributed by atoms with Gasteiger partial charge in [-0.1, -0.05) is 36.4 Å². The molecule has 0 radical (unpaired) electrons. The van der Waals surface area contributed by atoms with Gasteiger partial charge in [0, 0.05) is 16.6 Å². The maximum absolute atomic E-state index is 12.2. The average molecular weight is 399 g/mol. The van der Waals surface area contributed by atoms with E-state index >= 15 is 0 Å². The van der Waals surface area contributed by atoms with E-state index in [0.29, 0.717) is 11.4 Å². The third kappa shape index (κ3) is 4.24. The minimum absolute atomic E-state index is 0.00561. The third-order valence-electron chi connectivity index (χ3n) is 4.22. The highest BCUT2D eigenvalue weighted by atomic mass is 32.2. The monoisotopic (exact) mass is 399 g/mol. The van der Waals surface area contributed by atoms with Crippen LogP contribution in [0.2, 0.25) is 0 Å². The number of amides is 1. The minimum Gasteiger partial charge on any atom is -0.326 e. The van der Waals surface area contributed by atoms with Gasteiger partial charge in [-0.3, -0.25) is 4.79 Å². The standard InChI is InChI=1S/C19H17N3O3S2/c23-18-9-15-8-14(6-7-16(15)21-18)17-11-26-19(22-17)10-20-27(24,25)12-13-4-2-1-3-5-13/h1-8,11,20H,9-10,12H2,(H,21,23). The van der Waals surface area contributed by atoms with Gasteiger partial charge in [0.2, 0.25) is 15.9 Å². The topological polar surface area (TPSA) is 88.2 Å². The summed E-state index contributed by atoms with van der Waals surface area (Å²) in [4.78, 5) is 16.0. The van der Waals surface area contributed by atoms with Crippen LogP contribution >= 0.6 is 11.3 Å². The molecule has 4 rings (SSSR count). The summed E-state index contributed by atoms with van der Waals surface area (Å²) < 4.78 is 27.1. The first-order valence-electron chi connectivity index (χ1n) is 8.37. The van der Waals surface area contributed by atoms with Gasteiger partial charge in [-0.05, 0) is 23.3 Å². The summed E-state index contributed by atoms with van der Waals surface area (Å²) in [6.07, 6.45) is 0.374. The van der Waals surface area contributed by atoms with Gasteiger partial charge in [0.25, 0.3) is 0 Å². The number of nitrogens with zero attached hydrogens (tertiary/aromatic N) is 1. The van der Waals surface area contributed by atoms with E-state index in [9.17, 15) is 13.2 Å². The summed E-state index contributed by atoms with van der Waals surface area (Å²) >= 11 is 1.40. The zero-order valence-electron chi connectivity index (χ0n) is 14.3. The molecule has 3 aromatic rings. The molecular weight excluding hydrogens is 382 g/mol. The van der Waals surface area contributed by atoms with Gasteiger partial charge in [0.15, 0.2) is 0 Å². The predicted octanol–water partition coefficient (Wildman–Crippen LogP) is 2.92. The number of fused-ring (bicyclic) bond motifs is 1. The molecule has 0 atom stereocenters. The molecule has 2 aromatic carbocycles. The molecule has 1 aromatic heterocycles. The first-order valence-corrected chi connectivity index (χ1v) is 10.9. The normalized spacial score (nSPS) is 13.4. The van der Waals surface area contributed by atoms with Crippen LogP contribution in [0.4, 0.5) is 5.69 Å². The first-order chi connectivity index (χ1) is 13.0. The van der Waals surface area contributed by atoms with E-state index in [4.69, 9.17) is 0 Å². The number of sulfonamides is 1. The fourth-order valence-corrected chi connectivity index (χ4v) is 4.85. The van der Waals surface area contributed by atoms with Crippen LogP contribution in [0, 0.1) is 0 Å². The van der Waals surface area contributed by atoms with Crippen molar-refractivity contribution in [1.82, 2.24) is 9.71 Å². The summed E-state index contributed by atoms with van der Waals surface area (Å²) in [5.74, 6) is -0.0632. The Hall–Kier alpha value is -2.55. The van der Waals surface area contributed by atoms with Crippen molar-refractivity contribution in [2.45, 2.75) is 18.7 Å². The molecule has 0 bridgehead atoms. The Balaban J connectivity index is 1.43. The van der Waals surface area contributed by atoms with Gasteiger partial charge in [-0.25, -0.2) is 18.1 Å². The van der Waals surface area contributed by atoms with Crippen LogP contribution in [-0.2, 0) is 33.5 Å². The highest BCUT2D eigenvalue weighted by Crippen LogP contribution is 2.29. The molecule has 138 valence electrons. The molecule has 1 aliphatic rings. The van der Waals surface area contributed by atoms with Crippen molar-refractivity contribution < 1.29 is 13.2 Å². The van der Waals surface area contributed by atoms with Crippen LogP contribution in [0.15, 0.2) is 53.9 Å². The van der Waals surface area contributed by atoms with Crippen molar-refractivity contribution >= 4 is 33.0 Å². The second-order valence-electron chi connectivity index (χ2n) is 6.29. The molecule has 1 aliphatic heterocycles. The van der Waals surface area contributed by atoms with Crippen LogP contribution < -0.4 is 10.0 Å². The minimum atomic E-state index is -3.43. The molecule has 0 spiro atoms. The van der Waals surface area contributed by atoms with Gasteiger partial charge >= 0.3 is 0 Å². The van der Waals surface area contributed by atoms with Crippen LogP contribution in [0.3, 0.4) is 0 Å². The van der Waals surface area contributed by atoms with E-state index in [1.54, 1.807) is 12.1 Å². The third-order valence-corrected chi connectivity index (χ3v) is 6.37. The number of benzene rings is 2. The number of anilines is 1. The lowest BCUT2D eigenvalue weighted by atomic mass is 10.1. The van der Waals surface area contributed by atoms with E-state index in [0.717, 1.165) is 28.1 Å². The van der Waals surface area contributed by atoms with Crippen LogP contribution in [-0.4, -0.2) is 19.3 Å². The fraction of sp³-hybridized carbons (Fsp3) is 0.158. The van der Waals surface area contributed by atoms with Gasteiger partial charge in [0.1, 0.15) is 5.01 Å². The van der Waals surface area contributed by atoms with Crippen LogP contribution in [0.5, 0.6) is 0 Å². The number of carbonyl (C=O) groups excluding carboxylic acids is 1. The molecule has 2 N–H and O–H groups in total. The van der Waals surface area contributed by atoms with Gasteiger partial charge in [0.05, 0.1) is 24.4 Å². The number of aromatic nitrogens is 1. The Morgan fingerprint density at radius 1 is 1.15 bits per heavy atom. The zero-order valence-corrected chi connectivity index (χ0v) is 15.9. The molecule has 0 fully saturated rings. The average Bonchev–Trinajstić information content (AvgIpc) is 3.25. The van der Waals surface area contributed by atoms with E-state index in [1.807, 2.05) is 41.8 Å². The molecule has 1 amide bonds. The Labute approximate surface area is 161 Å². The Morgan fingerprint density at radius 2 is 1.96 bits per heavy atom. The van der Waals surface area contributed by atoms with Crippen molar-refractivity contribution in [3.8, 4) is 11.3 Å². The Kier molecular flexibility index (Phi) is 4.77. The summed E-state index contributed by atoms with van der Waals surface area (Å²) in [7, 11) is -3.43. The molecule has 8 heteroatoms. The van der Waals surface area contributed by atoms with E-state index < -0.39 is 10.0 Å². The molecule has 0 unspecified atom stereocenters. The number of hydrogen-bond donors (Lipinski definition) is 2. The molecule has 6 nitrogen and oxygen atoms in total. The van der Waals surface area contributed by atoms with Crippen molar-refractivity contribution in [1.29, 1.82) is 0 Å². The van der Waals surface area contributed by atoms with E-state index in [1.165, 1.54) is 11.3 Å². The second-order valence-corrected chi connectivity index (χ2v) is 9.04. The van der Waals surface area contributed by atoms with Crippen LogP contribution in [0.1, 0.15) is 16.1 Å². The lowest BCUT2D eigenvalue weighted by Crippen LogP contribution is -2.24. The van der Waals surface area contributed by atoms with Crippen molar-refractivity contribution in [3.63, 3.8) is 0 Å². The number of nitrogens with one attached hydrogen (secondary N) is 2. The second kappa shape index (κ2) is 7.22. The lowest BCUT2D eigenvalue weighted by molar-refractivity contribution is -0.115. The quantitative estimate of drug-likeness (QED) is 0.667. The highest BCUT2D eigenvalue weighted by molar-refractivity contribution is 7.88. The van der Waals surface area contributed by atoms with Gasteiger partial charge < -0.3 is 5.32 Å². The summed E-state index contributed by atoms with van der Waals surface area (Å²) in [6, 6.07) is 14.8. The summed E-state index contributed by atoms with van der Waals surface area (Å²) in [5.41, 5.74) is 4.23. The number of hydrogen-bond acceptors (Lipinski definition) is 5. The molecule has 0 saturated heterocycles. The molecule has 0 saturated carbocycles. The predicted molar refractivity (Wildman–Crippen MR) is 106 cm³/mol. The van der Waals surface area contributed by atoms with Gasteiger partial charge in [-0.15, -0.1) is 11.3 Å². The maximum Gasteiger partial charge on any atom is 0.228 e. The maximum atomic E-state index is 12.2. The largest absolute Gasteiger partial charge is 0.326 e. The molecule has 2 heterocycles. The van der Waals surface area contributed by atoms with Crippen LogP contribution in [0.25, 0.3) is 11.3 Å². The number of thiazole rings is 1. The van der Waals surface area contributed by atoms with E-state index in [-0.39, 0.29) is 18.2 Å². The first kappa shape index (κ1) is 17.8. The van der Waals surface area contributed by atoms with Gasteiger partial charge in [-0.2, -0.15) is 0 Å². The Morgan fingerprint density at radius 3 is 2.78 bits per heavy atom. The van der Waals surface area contributed by atoms with Crippen molar-refractivity contribution in [2.75, 3.05) is 5.32 Å². The smallest absolute Gasteiger partial charge is 0.228 e. The highest BCUT2D eigenvalue weighted by Gasteiger charge is 2.18. The molecular formula is C19H17N3O3S2. The van der Waals surface area contributed by atoms with Crippen molar-refractivity contribution in [3.05, 3.63) is 70.0 Å². The lowest BCUT2D eigenvalue weighted by Gasteiger charge is -2.05. The summed E-state index contributed by atoms with van der Waals surface area (Å²) in [6.45, 7) is 0.158. The zero-order chi connectivity index (χ0) is 18.9.